The lowest BCUT2D eigenvalue weighted by molar-refractivity contribution is -0.113. The molecule has 1 aromatic carbocycles. The lowest BCUT2D eigenvalue weighted by atomic mass is 9.97. The Balaban J connectivity index is 1.61. The minimum atomic E-state index is -0.272. The van der Waals surface area contributed by atoms with Gasteiger partial charge in [-0.25, -0.2) is 4.98 Å². The van der Waals surface area contributed by atoms with Gasteiger partial charge in [-0.1, -0.05) is 23.9 Å². The highest BCUT2D eigenvalue weighted by atomic mass is 32.2. The molecule has 0 saturated heterocycles. The van der Waals surface area contributed by atoms with Crippen molar-refractivity contribution in [2.75, 3.05) is 11.1 Å². The summed E-state index contributed by atoms with van der Waals surface area (Å²) in [6.07, 6.45) is 5.84. The molecule has 2 aromatic heterocycles. The lowest BCUT2D eigenvalue weighted by Crippen LogP contribution is -2.24. The quantitative estimate of drug-likeness (QED) is 0.258. The van der Waals surface area contributed by atoms with Gasteiger partial charge in [0.2, 0.25) is 5.91 Å². The number of nitrogens with one attached hydrogen (secondary N) is 1. The zero-order chi connectivity index (χ0) is 21.3. The predicted octanol–water partition coefficient (Wildman–Crippen LogP) is 4.27. The van der Waals surface area contributed by atoms with Crippen LogP contribution >= 0.6 is 23.1 Å². The van der Waals surface area contributed by atoms with Crippen molar-refractivity contribution in [2.45, 2.75) is 44.3 Å². The number of benzene rings is 1. The van der Waals surface area contributed by atoms with Crippen molar-refractivity contribution in [3.63, 3.8) is 0 Å². The highest BCUT2D eigenvalue weighted by Gasteiger charge is 2.22. The Labute approximate surface area is 182 Å². The number of carbonyl (C=O) groups excluding carboxylic acids is 1. The van der Waals surface area contributed by atoms with Gasteiger partial charge in [0, 0.05) is 11.4 Å². The molecule has 2 N–H and O–H groups in total. The van der Waals surface area contributed by atoms with E-state index in [4.69, 9.17) is 4.98 Å². The van der Waals surface area contributed by atoms with Crippen LogP contribution in [0, 0.1) is 6.92 Å². The van der Waals surface area contributed by atoms with Crippen molar-refractivity contribution in [1.29, 1.82) is 0 Å². The highest BCUT2D eigenvalue weighted by Crippen LogP contribution is 2.34. The molecule has 4 rings (SSSR count). The van der Waals surface area contributed by atoms with Crippen LogP contribution in [-0.2, 0) is 24.2 Å². The summed E-state index contributed by atoms with van der Waals surface area (Å²) in [6.45, 7) is 5.99. The maximum atomic E-state index is 13.2. The normalized spacial score (nSPS) is 13.2. The minimum absolute atomic E-state index is 0.0197. The van der Waals surface area contributed by atoms with Gasteiger partial charge in [0.1, 0.15) is 10.6 Å². The second-order valence-corrected chi connectivity index (χ2v) is 9.37. The number of aromatic hydroxyl groups is 1. The van der Waals surface area contributed by atoms with Crippen molar-refractivity contribution < 1.29 is 9.90 Å². The Kier molecular flexibility index (Phi) is 5.97. The second kappa shape index (κ2) is 8.65. The summed E-state index contributed by atoms with van der Waals surface area (Å²) in [6, 6.07) is 5.04. The molecule has 0 unspecified atom stereocenters. The number of thioether (sulfide) groups is 1. The third-order valence-corrected chi connectivity index (χ3v) is 7.27. The molecule has 0 spiro atoms. The molecule has 1 aliphatic rings. The van der Waals surface area contributed by atoms with Crippen LogP contribution in [0.5, 0.6) is 5.75 Å². The van der Waals surface area contributed by atoms with Crippen molar-refractivity contribution in [1.82, 2.24) is 9.55 Å². The summed E-state index contributed by atoms with van der Waals surface area (Å²) in [5.74, 6) is -0.176. The summed E-state index contributed by atoms with van der Waals surface area (Å²) in [7, 11) is 0. The van der Waals surface area contributed by atoms with Crippen molar-refractivity contribution >= 4 is 44.9 Å². The molecule has 2 heterocycles. The molecule has 3 aromatic rings. The molecular formula is C22H23N3O3S2. The number of hydrogen-bond acceptors (Lipinski definition) is 6. The molecule has 0 aliphatic heterocycles. The largest absolute Gasteiger partial charge is 0.506 e. The molecule has 0 atom stereocenters. The number of phenolic OH excluding ortho intramolecular Hbond substituents is 1. The summed E-state index contributed by atoms with van der Waals surface area (Å²) in [5.41, 5.74) is 2.40. The zero-order valence-corrected chi connectivity index (χ0v) is 18.4. The topological polar surface area (TPSA) is 84.2 Å². The van der Waals surface area contributed by atoms with Gasteiger partial charge in [-0.2, -0.15) is 0 Å². The zero-order valence-electron chi connectivity index (χ0n) is 16.7. The molecule has 1 amide bonds. The predicted molar refractivity (Wildman–Crippen MR) is 123 cm³/mol. The Morgan fingerprint density at radius 3 is 3.00 bits per heavy atom. The fourth-order valence-corrected chi connectivity index (χ4v) is 5.80. The number of hydrogen-bond donors (Lipinski definition) is 2. The number of fused-ring (bicyclic) bond motifs is 3. The van der Waals surface area contributed by atoms with E-state index in [1.54, 1.807) is 40.2 Å². The molecule has 1 aliphatic carbocycles. The van der Waals surface area contributed by atoms with Gasteiger partial charge < -0.3 is 10.4 Å². The van der Waals surface area contributed by atoms with Gasteiger partial charge in [-0.15, -0.1) is 17.9 Å². The Hall–Kier alpha value is -2.58. The maximum Gasteiger partial charge on any atom is 0.263 e. The first-order valence-electron chi connectivity index (χ1n) is 9.86. The molecule has 0 bridgehead atoms. The fraction of sp³-hybridized carbons (Fsp3) is 0.318. The number of anilines is 1. The average Bonchev–Trinajstić information content (AvgIpc) is 3.10. The highest BCUT2D eigenvalue weighted by molar-refractivity contribution is 7.99. The molecule has 8 heteroatoms. The third-order valence-electron chi connectivity index (χ3n) is 5.11. The molecule has 6 nitrogen and oxygen atoms in total. The van der Waals surface area contributed by atoms with Gasteiger partial charge in [0.05, 0.1) is 16.8 Å². The summed E-state index contributed by atoms with van der Waals surface area (Å²) in [4.78, 5) is 32.4. The van der Waals surface area contributed by atoms with Crippen molar-refractivity contribution in [3.05, 3.63) is 57.2 Å². The molecule has 0 radical (unpaired) electrons. The summed E-state index contributed by atoms with van der Waals surface area (Å²) >= 11 is 2.81. The van der Waals surface area contributed by atoms with E-state index in [0.717, 1.165) is 47.0 Å². The Morgan fingerprint density at radius 1 is 1.40 bits per heavy atom. The molecule has 156 valence electrons. The van der Waals surface area contributed by atoms with E-state index in [-0.39, 0.29) is 23.0 Å². The Morgan fingerprint density at radius 2 is 2.20 bits per heavy atom. The molecule has 30 heavy (non-hydrogen) atoms. The van der Waals surface area contributed by atoms with E-state index in [9.17, 15) is 14.7 Å². The second-order valence-electron chi connectivity index (χ2n) is 7.35. The van der Waals surface area contributed by atoms with E-state index < -0.39 is 0 Å². The van der Waals surface area contributed by atoms with E-state index in [1.165, 1.54) is 16.6 Å². The molecular weight excluding hydrogens is 418 g/mol. The fourth-order valence-electron chi connectivity index (χ4n) is 3.69. The van der Waals surface area contributed by atoms with Gasteiger partial charge in [0.15, 0.2) is 5.16 Å². The van der Waals surface area contributed by atoms with Crippen molar-refractivity contribution in [2.24, 2.45) is 0 Å². The first kappa shape index (κ1) is 20.7. The van der Waals surface area contributed by atoms with E-state index in [1.807, 2.05) is 6.92 Å². The lowest BCUT2D eigenvalue weighted by Gasteiger charge is -2.12. The molecule has 0 saturated carbocycles. The van der Waals surface area contributed by atoms with Gasteiger partial charge in [0.25, 0.3) is 5.56 Å². The summed E-state index contributed by atoms with van der Waals surface area (Å²) < 4.78 is 1.60. The van der Waals surface area contributed by atoms with E-state index >= 15 is 0 Å². The van der Waals surface area contributed by atoms with Gasteiger partial charge in [-0.3, -0.25) is 14.2 Å². The number of nitrogens with zero attached hydrogens (tertiary/aromatic N) is 2. The van der Waals surface area contributed by atoms with Crippen LogP contribution in [-0.4, -0.2) is 26.3 Å². The SMILES string of the molecule is C=CCn1c(SCC(=O)Nc2cc(C)ccc2O)nc2sc3c(c2c1=O)CCCC3. The number of rotatable bonds is 6. The van der Waals surface area contributed by atoms with Gasteiger partial charge in [-0.05, 0) is 55.9 Å². The number of amides is 1. The number of phenols is 1. The van der Waals surface area contributed by atoms with Crippen molar-refractivity contribution in [3.8, 4) is 5.75 Å². The molecule has 0 fully saturated rings. The first-order chi connectivity index (χ1) is 14.5. The number of aryl methyl sites for hydroxylation is 3. The smallest absolute Gasteiger partial charge is 0.263 e. The summed E-state index contributed by atoms with van der Waals surface area (Å²) in [5, 5.41) is 13.9. The number of carbonyl (C=O) groups is 1. The Bertz CT molecular complexity index is 1200. The van der Waals surface area contributed by atoms with Crippen LogP contribution in [0.3, 0.4) is 0 Å². The van der Waals surface area contributed by atoms with Crippen LogP contribution in [0.4, 0.5) is 5.69 Å². The maximum absolute atomic E-state index is 13.2. The van der Waals surface area contributed by atoms with E-state index in [2.05, 4.69) is 11.9 Å². The van der Waals surface area contributed by atoms with Gasteiger partial charge >= 0.3 is 0 Å². The van der Waals surface area contributed by atoms with E-state index in [0.29, 0.717) is 17.4 Å². The van der Waals surface area contributed by atoms with Crippen LogP contribution in [0.1, 0.15) is 28.8 Å². The van der Waals surface area contributed by atoms with Crippen LogP contribution in [0.25, 0.3) is 10.2 Å². The monoisotopic (exact) mass is 441 g/mol. The standard InChI is InChI=1S/C22H23N3O3S2/c1-3-10-25-21(28)19-14-6-4-5-7-17(14)30-20(19)24-22(25)29-12-18(27)23-15-11-13(2)8-9-16(15)26/h3,8-9,11,26H,1,4-7,10,12H2,2H3,(H,23,27). The number of allylic oxidation sites excluding steroid dienone is 1. The average molecular weight is 442 g/mol. The number of aromatic nitrogens is 2. The number of thiophene rings is 1. The minimum Gasteiger partial charge on any atom is -0.506 e. The van der Waals surface area contributed by atoms with Crippen LogP contribution < -0.4 is 10.9 Å². The van der Waals surface area contributed by atoms with Crippen LogP contribution in [0.2, 0.25) is 0 Å². The van der Waals surface area contributed by atoms with Crippen LogP contribution in [0.15, 0.2) is 40.8 Å². The third kappa shape index (κ3) is 4.02. The first-order valence-corrected chi connectivity index (χ1v) is 11.7.